The molecule has 0 aromatic heterocycles. The molecule has 3 N–H and O–H groups in total. The van der Waals surface area contributed by atoms with Crippen LogP contribution >= 0.6 is 0 Å². The van der Waals surface area contributed by atoms with Crippen LogP contribution in [-0.2, 0) is 17.8 Å². The topological polar surface area (TPSA) is 66.6 Å². The second-order valence-corrected chi connectivity index (χ2v) is 5.97. The molecular weight excluding hydrogens is 264 g/mol. The van der Waals surface area contributed by atoms with Crippen molar-refractivity contribution in [3.8, 4) is 0 Å². The molecule has 0 saturated heterocycles. The number of hydrogen-bond donors (Lipinski definition) is 2. The summed E-state index contributed by atoms with van der Waals surface area (Å²) >= 11 is 0. The number of benzene rings is 1. The van der Waals surface area contributed by atoms with Gasteiger partial charge in [-0.2, -0.15) is 0 Å². The second-order valence-electron chi connectivity index (χ2n) is 5.97. The van der Waals surface area contributed by atoms with Crippen molar-refractivity contribution in [2.24, 2.45) is 5.73 Å². The molecule has 1 aromatic rings. The van der Waals surface area contributed by atoms with Crippen LogP contribution in [-0.4, -0.2) is 34.6 Å². The highest BCUT2D eigenvalue weighted by Crippen LogP contribution is 2.24. The monoisotopic (exact) mass is 290 g/mol. The SMILES string of the molecule is CCN(Cc1ccccc1CC(=O)O)C1CCC(N)CC1. The molecule has 1 aromatic carbocycles. The predicted molar refractivity (Wildman–Crippen MR) is 84.1 cm³/mol. The van der Waals surface area contributed by atoms with E-state index in [0.717, 1.165) is 49.9 Å². The molecule has 0 bridgehead atoms. The van der Waals surface area contributed by atoms with Crippen molar-refractivity contribution in [2.45, 2.75) is 57.7 Å². The fourth-order valence-corrected chi connectivity index (χ4v) is 3.23. The largest absolute Gasteiger partial charge is 0.481 e. The first-order chi connectivity index (χ1) is 10.1. The van der Waals surface area contributed by atoms with Gasteiger partial charge in [-0.1, -0.05) is 31.2 Å². The zero-order valence-corrected chi connectivity index (χ0v) is 12.8. The molecule has 0 amide bonds. The van der Waals surface area contributed by atoms with Gasteiger partial charge in [-0.05, 0) is 43.4 Å². The Kier molecular flexibility index (Phi) is 5.76. The van der Waals surface area contributed by atoms with Crippen LogP contribution in [0.5, 0.6) is 0 Å². The van der Waals surface area contributed by atoms with Crippen LogP contribution in [0.2, 0.25) is 0 Å². The number of hydrogen-bond acceptors (Lipinski definition) is 3. The van der Waals surface area contributed by atoms with Crippen LogP contribution in [0.25, 0.3) is 0 Å². The summed E-state index contributed by atoms with van der Waals surface area (Å²) in [5.74, 6) is -0.769. The number of nitrogens with zero attached hydrogens (tertiary/aromatic N) is 1. The lowest BCUT2D eigenvalue weighted by molar-refractivity contribution is -0.136. The lowest BCUT2D eigenvalue weighted by Gasteiger charge is -2.35. The molecular formula is C17H26N2O2. The molecule has 1 aliphatic rings. The van der Waals surface area contributed by atoms with Crippen molar-refractivity contribution in [3.63, 3.8) is 0 Å². The van der Waals surface area contributed by atoms with Gasteiger partial charge in [0.15, 0.2) is 0 Å². The molecule has 0 spiro atoms. The molecule has 4 heteroatoms. The number of nitrogens with two attached hydrogens (primary N) is 1. The minimum Gasteiger partial charge on any atom is -0.481 e. The van der Waals surface area contributed by atoms with Gasteiger partial charge >= 0.3 is 5.97 Å². The Morgan fingerprint density at radius 1 is 1.24 bits per heavy atom. The van der Waals surface area contributed by atoms with Crippen LogP contribution in [0.4, 0.5) is 0 Å². The lowest BCUT2D eigenvalue weighted by atomic mass is 9.90. The van der Waals surface area contributed by atoms with Gasteiger partial charge < -0.3 is 10.8 Å². The van der Waals surface area contributed by atoms with E-state index in [9.17, 15) is 4.79 Å². The van der Waals surface area contributed by atoms with Crippen molar-refractivity contribution in [2.75, 3.05) is 6.54 Å². The highest BCUT2D eigenvalue weighted by molar-refractivity contribution is 5.70. The number of carbonyl (C=O) groups is 1. The van der Waals surface area contributed by atoms with Gasteiger partial charge in [0.25, 0.3) is 0 Å². The van der Waals surface area contributed by atoms with Crippen molar-refractivity contribution >= 4 is 5.97 Å². The molecule has 0 unspecified atom stereocenters. The van der Waals surface area contributed by atoms with Crippen molar-refractivity contribution in [1.29, 1.82) is 0 Å². The van der Waals surface area contributed by atoms with Gasteiger partial charge in [-0.3, -0.25) is 9.69 Å². The smallest absolute Gasteiger partial charge is 0.307 e. The first kappa shape index (κ1) is 16.0. The van der Waals surface area contributed by atoms with E-state index >= 15 is 0 Å². The summed E-state index contributed by atoms with van der Waals surface area (Å²) in [6.07, 6.45) is 4.59. The summed E-state index contributed by atoms with van der Waals surface area (Å²) in [5, 5.41) is 9.03. The Morgan fingerprint density at radius 2 is 1.86 bits per heavy atom. The van der Waals surface area contributed by atoms with Gasteiger partial charge in [-0.25, -0.2) is 0 Å². The Morgan fingerprint density at radius 3 is 2.43 bits per heavy atom. The maximum atomic E-state index is 11.0. The van der Waals surface area contributed by atoms with Crippen LogP contribution in [0.3, 0.4) is 0 Å². The molecule has 4 nitrogen and oxygen atoms in total. The maximum absolute atomic E-state index is 11.0. The average molecular weight is 290 g/mol. The Hall–Kier alpha value is -1.39. The lowest BCUT2D eigenvalue weighted by Crippen LogP contribution is -2.40. The van der Waals surface area contributed by atoms with Crippen LogP contribution in [0, 0.1) is 0 Å². The summed E-state index contributed by atoms with van der Waals surface area (Å²) in [7, 11) is 0. The second kappa shape index (κ2) is 7.57. The summed E-state index contributed by atoms with van der Waals surface area (Å²) in [6, 6.07) is 8.82. The third-order valence-corrected chi connectivity index (χ3v) is 4.50. The van der Waals surface area contributed by atoms with Crippen molar-refractivity contribution in [3.05, 3.63) is 35.4 Å². The molecule has 1 aliphatic carbocycles. The van der Waals surface area contributed by atoms with Gasteiger partial charge in [-0.15, -0.1) is 0 Å². The first-order valence-electron chi connectivity index (χ1n) is 7.88. The summed E-state index contributed by atoms with van der Waals surface area (Å²) < 4.78 is 0. The van der Waals surface area contributed by atoms with Crippen LogP contribution in [0.1, 0.15) is 43.7 Å². The molecule has 0 atom stereocenters. The third kappa shape index (κ3) is 4.55. The number of carboxylic acid groups (broad SMARTS) is 1. The molecule has 1 saturated carbocycles. The fraction of sp³-hybridized carbons (Fsp3) is 0.588. The molecule has 0 aliphatic heterocycles. The highest BCUT2D eigenvalue weighted by Gasteiger charge is 2.23. The Bertz CT molecular complexity index is 468. The van der Waals surface area contributed by atoms with E-state index in [4.69, 9.17) is 10.8 Å². The summed E-state index contributed by atoms with van der Waals surface area (Å²) in [4.78, 5) is 13.5. The first-order valence-corrected chi connectivity index (χ1v) is 7.88. The molecule has 1 fully saturated rings. The molecule has 21 heavy (non-hydrogen) atoms. The van der Waals surface area contributed by atoms with Gasteiger partial charge in [0.1, 0.15) is 0 Å². The molecule has 0 radical (unpaired) electrons. The van der Waals surface area contributed by atoms with Crippen molar-refractivity contribution < 1.29 is 9.90 Å². The molecule has 0 heterocycles. The van der Waals surface area contributed by atoms with E-state index in [0.29, 0.717) is 12.1 Å². The quantitative estimate of drug-likeness (QED) is 0.844. The number of rotatable bonds is 6. The minimum absolute atomic E-state index is 0.100. The minimum atomic E-state index is -0.769. The van der Waals surface area contributed by atoms with E-state index in [-0.39, 0.29) is 6.42 Å². The Labute approximate surface area is 126 Å². The van der Waals surface area contributed by atoms with Crippen molar-refractivity contribution in [1.82, 2.24) is 4.90 Å². The van der Waals surface area contributed by atoms with Crippen LogP contribution < -0.4 is 5.73 Å². The van der Waals surface area contributed by atoms with Gasteiger partial charge in [0.05, 0.1) is 6.42 Å². The number of carboxylic acids is 1. The fourth-order valence-electron chi connectivity index (χ4n) is 3.23. The van der Waals surface area contributed by atoms with E-state index in [1.54, 1.807) is 0 Å². The average Bonchev–Trinajstić information content (AvgIpc) is 2.47. The van der Waals surface area contributed by atoms with E-state index in [2.05, 4.69) is 17.9 Å². The zero-order valence-electron chi connectivity index (χ0n) is 12.8. The van der Waals surface area contributed by atoms with Gasteiger partial charge in [0, 0.05) is 18.6 Å². The molecule has 116 valence electrons. The van der Waals surface area contributed by atoms with E-state index in [1.165, 1.54) is 0 Å². The molecule has 2 rings (SSSR count). The van der Waals surface area contributed by atoms with E-state index in [1.807, 2.05) is 18.2 Å². The van der Waals surface area contributed by atoms with E-state index < -0.39 is 5.97 Å². The highest BCUT2D eigenvalue weighted by atomic mass is 16.4. The standard InChI is InChI=1S/C17H26N2O2/c1-2-19(16-9-7-15(18)8-10-16)12-14-6-4-3-5-13(14)11-17(20)21/h3-6,15-16H,2,7-12,18H2,1H3,(H,20,21). The summed E-state index contributed by atoms with van der Waals surface area (Å²) in [6.45, 7) is 4.00. The number of aliphatic carboxylic acids is 1. The predicted octanol–water partition coefficient (Wildman–Crippen LogP) is 2.41. The Balaban J connectivity index is 2.06. The maximum Gasteiger partial charge on any atom is 0.307 e. The summed E-state index contributed by atoms with van der Waals surface area (Å²) in [5.41, 5.74) is 8.05. The third-order valence-electron chi connectivity index (χ3n) is 4.50. The zero-order chi connectivity index (χ0) is 15.2. The van der Waals surface area contributed by atoms with Gasteiger partial charge in [0.2, 0.25) is 0 Å². The van der Waals surface area contributed by atoms with Crippen LogP contribution in [0.15, 0.2) is 24.3 Å². The normalized spacial score (nSPS) is 22.4.